The second kappa shape index (κ2) is 18.3. The smallest absolute Gasteiger partial charge is 0.397 e. The van der Waals surface area contributed by atoms with Gasteiger partial charge in [0.25, 0.3) is 0 Å². The van der Waals surface area contributed by atoms with Gasteiger partial charge in [-0.1, -0.05) is 103 Å². The highest BCUT2D eigenvalue weighted by molar-refractivity contribution is 7.80. The van der Waals surface area contributed by atoms with E-state index >= 15 is 0 Å². The number of aryl methyl sites for hydroxylation is 2. The minimum absolute atomic E-state index is 0.0842. The van der Waals surface area contributed by atoms with Crippen molar-refractivity contribution in [3.8, 4) is 5.75 Å². The normalized spacial score (nSPS) is 11.7. The quantitative estimate of drug-likeness (QED) is 0.149. The fraction of sp³-hybridized carbons (Fsp3) is 0.769. The summed E-state index contributed by atoms with van der Waals surface area (Å²) in [5.41, 5.74) is 2.53. The molecule has 5 nitrogen and oxygen atoms in total. The molecule has 0 bridgehead atoms. The van der Waals surface area contributed by atoms with E-state index in [-0.39, 0.29) is 13.2 Å². The lowest BCUT2D eigenvalue weighted by atomic mass is 9.99. The number of benzene rings is 1. The van der Waals surface area contributed by atoms with Gasteiger partial charge in [0.15, 0.2) is 0 Å². The van der Waals surface area contributed by atoms with E-state index in [1.165, 1.54) is 94.6 Å². The summed E-state index contributed by atoms with van der Waals surface area (Å²) in [6.07, 6.45) is 20.0. The summed E-state index contributed by atoms with van der Waals surface area (Å²) in [4.78, 5) is 0. The molecule has 0 spiro atoms. The SMILES string of the molecule is CCCCCCCCCc1ccc(OCCOS(=O)(=O)O)c(CCCCCCCCC)c1. The first-order valence-electron chi connectivity index (χ1n) is 12.8. The molecular formula is C26H46O5S. The van der Waals surface area contributed by atoms with Gasteiger partial charge in [-0.2, -0.15) is 8.42 Å². The van der Waals surface area contributed by atoms with E-state index < -0.39 is 10.4 Å². The third kappa shape index (κ3) is 15.7. The Morgan fingerprint density at radius 3 is 1.81 bits per heavy atom. The monoisotopic (exact) mass is 470 g/mol. The average molecular weight is 471 g/mol. The van der Waals surface area contributed by atoms with Crippen LogP contribution in [-0.4, -0.2) is 26.2 Å². The molecule has 1 aromatic carbocycles. The number of rotatable bonds is 21. The minimum atomic E-state index is -4.42. The van der Waals surface area contributed by atoms with E-state index in [1.807, 2.05) is 6.07 Å². The first-order valence-corrected chi connectivity index (χ1v) is 14.2. The van der Waals surface area contributed by atoms with Gasteiger partial charge >= 0.3 is 10.4 Å². The number of ether oxygens (including phenoxy) is 1. The number of hydrogen-bond donors (Lipinski definition) is 1. The molecule has 32 heavy (non-hydrogen) atoms. The predicted molar refractivity (Wildman–Crippen MR) is 133 cm³/mol. The van der Waals surface area contributed by atoms with Gasteiger partial charge in [0.05, 0.1) is 0 Å². The highest BCUT2D eigenvalue weighted by Crippen LogP contribution is 2.24. The van der Waals surface area contributed by atoms with Crippen LogP contribution < -0.4 is 4.74 Å². The van der Waals surface area contributed by atoms with Crippen molar-refractivity contribution in [1.82, 2.24) is 0 Å². The fourth-order valence-corrected chi connectivity index (χ4v) is 4.25. The van der Waals surface area contributed by atoms with Crippen molar-refractivity contribution in [3.05, 3.63) is 29.3 Å². The summed E-state index contributed by atoms with van der Waals surface area (Å²) in [5.74, 6) is 0.790. The van der Waals surface area contributed by atoms with Gasteiger partial charge in [-0.3, -0.25) is 4.55 Å². The Hall–Kier alpha value is -1.11. The lowest BCUT2D eigenvalue weighted by Gasteiger charge is -2.13. The van der Waals surface area contributed by atoms with E-state index in [2.05, 4.69) is 30.2 Å². The highest BCUT2D eigenvalue weighted by atomic mass is 32.3. The van der Waals surface area contributed by atoms with Crippen molar-refractivity contribution >= 4 is 10.4 Å². The molecule has 0 aliphatic carbocycles. The molecule has 0 aliphatic rings. The zero-order valence-corrected chi connectivity index (χ0v) is 21.3. The first-order chi connectivity index (χ1) is 15.5. The van der Waals surface area contributed by atoms with Crippen LogP contribution in [-0.2, 0) is 27.4 Å². The lowest BCUT2D eigenvalue weighted by molar-refractivity contribution is 0.201. The Labute approximate surface area is 197 Å². The van der Waals surface area contributed by atoms with Crippen LogP contribution in [0, 0.1) is 0 Å². The van der Waals surface area contributed by atoms with Crippen LogP contribution in [0.3, 0.4) is 0 Å². The molecule has 0 heterocycles. The Kier molecular flexibility index (Phi) is 16.6. The average Bonchev–Trinajstić information content (AvgIpc) is 2.75. The summed E-state index contributed by atoms with van der Waals surface area (Å²) in [5, 5.41) is 0. The first kappa shape index (κ1) is 28.9. The molecule has 0 atom stereocenters. The van der Waals surface area contributed by atoms with Crippen LogP contribution in [0.5, 0.6) is 5.75 Å². The molecule has 0 saturated carbocycles. The van der Waals surface area contributed by atoms with Crippen molar-refractivity contribution in [2.24, 2.45) is 0 Å². The molecule has 1 rings (SSSR count). The zero-order valence-electron chi connectivity index (χ0n) is 20.4. The zero-order chi connectivity index (χ0) is 23.5. The Morgan fingerprint density at radius 1 is 0.719 bits per heavy atom. The van der Waals surface area contributed by atoms with Crippen molar-refractivity contribution in [1.29, 1.82) is 0 Å². The maximum atomic E-state index is 10.7. The van der Waals surface area contributed by atoms with Gasteiger partial charge in [0.2, 0.25) is 0 Å². The maximum Gasteiger partial charge on any atom is 0.397 e. The maximum absolute atomic E-state index is 10.7. The summed E-state index contributed by atoms with van der Waals surface area (Å²) >= 11 is 0. The van der Waals surface area contributed by atoms with E-state index in [0.717, 1.165) is 25.0 Å². The van der Waals surface area contributed by atoms with Gasteiger partial charge in [-0.25, -0.2) is 4.18 Å². The van der Waals surface area contributed by atoms with Crippen LogP contribution in [0.25, 0.3) is 0 Å². The molecule has 0 saturated heterocycles. The van der Waals surface area contributed by atoms with Gasteiger partial charge in [0.1, 0.15) is 19.0 Å². The van der Waals surface area contributed by atoms with Crippen molar-refractivity contribution in [2.75, 3.05) is 13.2 Å². The van der Waals surface area contributed by atoms with Crippen LogP contribution in [0.4, 0.5) is 0 Å². The molecule has 1 N–H and O–H groups in total. The minimum Gasteiger partial charge on any atom is -0.491 e. The Morgan fingerprint density at radius 2 is 1.25 bits per heavy atom. The molecule has 0 aromatic heterocycles. The summed E-state index contributed by atoms with van der Waals surface area (Å²) in [6.45, 7) is 4.37. The molecule has 0 aliphatic heterocycles. The van der Waals surface area contributed by atoms with Crippen LogP contribution in [0.2, 0.25) is 0 Å². The summed E-state index contributed by atoms with van der Waals surface area (Å²) in [7, 11) is -4.42. The molecule has 1 aromatic rings. The highest BCUT2D eigenvalue weighted by Gasteiger charge is 2.08. The van der Waals surface area contributed by atoms with E-state index in [9.17, 15) is 8.42 Å². The van der Waals surface area contributed by atoms with E-state index in [0.29, 0.717) is 0 Å². The number of unbranched alkanes of at least 4 members (excludes halogenated alkanes) is 12. The van der Waals surface area contributed by atoms with Gasteiger partial charge in [0, 0.05) is 0 Å². The summed E-state index contributed by atoms with van der Waals surface area (Å²) < 4.78 is 40.2. The molecule has 0 unspecified atom stereocenters. The molecule has 0 radical (unpaired) electrons. The van der Waals surface area contributed by atoms with Crippen LogP contribution >= 0.6 is 0 Å². The molecule has 0 fully saturated rings. The topological polar surface area (TPSA) is 72.8 Å². The van der Waals surface area contributed by atoms with Gasteiger partial charge in [-0.05, 0) is 42.9 Å². The third-order valence-corrected chi connectivity index (χ3v) is 6.28. The standard InChI is InChI=1S/C26H46O5S/c1-3-5-7-9-11-13-15-17-24-19-20-26(30-21-22-31-32(27,28)29)25(23-24)18-16-14-12-10-8-6-4-2/h19-20,23H,3-18,21-22H2,1-2H3,(H,27,28,29). The van der Waals surface area contributed by atoms with E-state index in [1.54, 1.807) is 0 Å². The molecule has 0 amide bonds. The second-order valence-electron chi connectivity index (χ2n) is 8.78. The fourth-order valence-electron chi connectivity index (χ4n) is 3.97. The third-order valence-electron chi connectivity index (χ3n) is 5.82. The van der Waals surface area contributed by atoms with Crippen LogP contribution in [0.1, 0.15) is 115 Å². The molecule has 6 heteroatoms. The van der Waals surface area contributed by atoms with E-state index in [4.69, 9.17) is 9.29 Å². The lowest BCUT2D eigenvalue weighted by Crippen LogP contribution is -2.12. The molecular weight excluding hydrogens is 424 g/mol. The Bertz CT molecular complexity index is 687. The largest absolute Gasteiger partial charge is 0.491 e. The van der Waals surface area contributed by atoms with Gasteiger partial charge in [-0.15, -0.1) is 0 Å². The van der Waals surface area contributed by atoms with Gasteiger partial charge < -0.3 is 4.74 Å². The summed E-state index contributed by atoms with van der Waals surface area (Å²) in [6, 6.07) is 6.37. The van der Waals surface area contributed by atoms with Crippen molar-refractivity contribution in [2.45, 2.75) is 117 Å². The van der Waals surface area contributed by atoms with Crippen molar-refractivity contribution in [3.63, 3.8) is 0 Å². The molecule has 186 valence electrons. The predicted octanol–water partition coefficient (Wildman–Crippen LogP) is 7.47. The Balaban J connectivity index is 2.52. The number of hydrogen-bond acceptors (Lipinski definition) is 4. The van der Waals surface area contributed by atoms with Crippen molar-refractivity contribution < 1.29 is 21.9 Å². The second-order valence-corrected chi connectivity index (χ2v) is 9.87. The van der Waals surface area contributed by atoms with Crippen LogP contribution in [0.15, 0.2) is 18.2 Å².